The molecule has 22 heavy (non-hydrogen) atoms. The summed E-state index contributed by atoms with van der Waals surface area (Å²) in [4.78, 5) is 11.6. The lowest BCUT2D eigenvalue weighted by atomic mass is 10.1. The molecule has 5 nitrogen and oxygen atoms in total. The van der Waals surface area contributed by atoms with Gasteiger partial charge in [-0.05, 0) is 30.7 Å². The smallest absolute Gasteiger partial charge is 0.339 e. The highest BCUT2D eigenvalue weighted by molar-refractivity contribution is 7.87. The molecule has 0 N–H and O–H groups in total. The molecule has 0 aromatic heterocycles. The molecular formula is C16H11NO4S. The first kappa shape index (κ1) is 14.3. The fourth-order valence-corrected chi connectivity index (χ4v) is 3.43. The zero-order chi connectivity index (χ0) is 15.7. The largest absolute Gasteiger partial charge is 0.379 e. The van der Waals surface area contributed by atoms with Crippen molar-refractivity contribution in [1.82, 2.24) is 0 Å². The third-order valence-electron chi connectivity index (χ3n) is 3.49. The monoisotopic (exact) mass is 313 g/mol. The molecule has 1 aliphatic rings. The number of ketones is 1. The van der Waals surface area contributed by atoms with E-state index in [2.05, 4.69) is 0 Å². The Kier molecular flexibility index (Phi) is 3.43. The summed E-state index contributed by atoms with van der Waals surface area (Å²) in [6, 6.07) is 12.3. The molecule has 3 rings (SSSR count). The Labute approximate surface area is 127 Å². The minimum atomic E-state index is -4.05. The highest BCUT2D eigenvalue weighted by atomic mass is 32.2. The maximum atomic E-state index is 12.3. The van der Waals surface area contributed by atoms with Crippen molar-refractivity contribution in [2.45, 2.75) is 17.7 Å². The average molecular weight is 313 g/mol. The van der Waals surface area contributed by atoms with E-state index >= 15 is 0 Å². The van der Waals surface area contributed by atoms with E-state index in [1.165, 1.54) is 30.3 Å². The van der Waals surface area contributed by atoms with E-state index in [1.807, 2.05) is 6.07 Å². The van der Waals surface area contributed by atoms with Crippen molar-refractivity contribution in [3.05, 3.63) is 59.2 Å². The number of nitriles is 1. The second-order valence-electron chi connectivity index (χ2n) is 4.88. The van der Waals surface area contributed by atoms with E-state index in [0.717, 1.165) is 0 Å². The molecule has 0 saturated carbocycles. The number of rotatable bonds is 3. The zero-order valence-corrected chi connectivity index (χ0v) is 12.3. The van der Waals surface area contributed by atoms with Crippen LogP contribution in [0.25, 0.3) is 0 Å². The van der Waals surface area contributed by atoms with Gasteiger partial charge in [-0.15, -0.1) is 0 Å². The van der Waals surface area contributed by atoms with Gasteiger partial charge in [0.15, 0.2) is 5.78 Å². The lowest BCUT2D eigenvalue weighted by Crippen LogP contribution is -2.11. The van der Waals surface area contributed by atoms with Crippen LogP contribution in [0.15, 0.2) is 47.4 Å². The van der Waals surface area contributed by atoms with E-state index in [4.69, 9.17) is 9.44 Å². The van der Waals surface area contributed by atoms with Crippen molar-refractivity contribution in [1.29, 1.82) is 5.26 Å². The molecule has 0 atom stereocenters. The summed E-state index contributed by atoms with van der Waals surface area (Å²) in [5.41, 5.74) is 1.36. The Morgan fingerprint density at radius 1 is 1.09 bits per heavy atom. The van der Waals surface area contributed by atoms with Gasteiger partial charge in [0.1, 0.15) is 10.6 Å². The van der Waals surface area contributed by atoms with Crippen molar-refractivity contribution >= 4 is 15.9 Å². The predicted octanol–water partition coefficient (Wildman–Crippen LogP) is 2.45. The minimum absolute atomic E-state index is 0.00988. The predicted molar refractivity (Wildman–Crippen MR) is 78.1 cm³/mol. The second-order valence-corrected chi connectivity index (χ2v) is 6.43. The van der Waals surface area contributed by atoms with Crippen molar-refractivity contribution in [2.75, 3.05) is 0 Å². The molecule has 0 fully saturated rings. The third kappa shape index (κ3) is 2.47. The summed E-state index contributed by atoms with van der Waals surface area (Å²) >= 11 is 0. The van der Waals surface area contributed by atoms with E-state index in [0.29, 0.717) is 24.0 Å². The number of nitrogens with zero attached hydrogens (tertiary/aromatic N) is 1. The summed E-state index contributed by atoms with van der Waals surface area (Å²) in [5.74, 6) is 0.162. The maximum absolute atomic E-state index is 12.3. The molecule has 2 aromatic rings. The van der Waals surface area contributed by atoms with Crippen LogP contribution in [0.4, 0.5) is 0 Å². The van der Waals surface area contributed by atoms with Gasteiger partial charge in [0.25, 0.3) is 0 Å². The molecule has 6 heteroatoms. The number of carbonyl (C=O) groups excluding carboxylic acids is 1. The zero-order valence-electron chi connectivity index (χ0n) is 11.4. The molecule has 110 valence electrons. The highest BCUT2D eigenvalue weighted by Gasteiger charge is 2.26. The van der Waals surface area contributed by atoms with Crippen LogP contribution < -0.4 is 4.18 Å². The molecule has 0 unspecified atom stereocenters. The Morgan fingerprint density at radius 3 is 2.64 bits per heavy atom. The SMILES string of the molecule is N#Cc1cccc(S(=O)(=O)Oc2cccc3c2CCC3=O)c1. The number of hydrogen-bond acceptors (Lipinski definition) is 5. The highest BCUT2D eigenvalue weighted by Crippen LogP contribution is 2.32. The van der Waals surface area contributed by atoms with Crippen LogP contribution >= 0.6 is 0 Å². The fourth-order valence-electron chi connectivity index (χ4n) is 2.42. The Bertz CT molecular complexity index is 910. The first-order valence-corrected chi connectivity index (χ1v) is 8.02. The Morgan fingerprint density at radius 2 is 1.86 bits per heavy atom. The van der Waals surface area contributed by atoms with Crippen LogP contribution in [0.1, 0.15) is 27.9 Å². The van der Waals surface area contributed by atoms with E-state index in [1.54, 1.807) is 12.1 Å². The van der Waals surface area contributed by atoms with Gasteiger partial charge in [-0.25, -0.2) is 0 Å². The Hall–Kier alpha value is -2.65. The van der Waals surface area contributed by atoms with E-state index in [9.17, 15) is 13.2 Å². The molecule has 0 amide bonds. The standard InChI is InChI=1S/C16H11NO4S/c17-10-11-3-1-4-12(9-11)22(19,20)21-16-6-2-5-13-14(16)7-8-15(13)18/h1-6,9H,7-8H2. The lowest BCUT2D eigenvalue weighted by molar-refractivity contribution is 0.0994. The molecule has 0 radical (unpaired) electrons. The van der Waals surface area contributed by atoms with Crippen molar-refractivity contribution in [3.63, 3.8) is 0 Å². The van der Waals surface area contributed by atoms with Gasteiger partial charge >= 0.3 is 10.1 Å². The number of benzene rings is 2. The summed E-state index contributed by atoms with van der Waals surface area (Å²) < 4.78 is 29.9. The maximum Gasteiger partial charge on any atom is 0.339 e. The van der Waals surface area contributed by atoms with Gasteiger partial charge in [0, 0.05) is 17.5 Å². The summed E-state index contributed by atoms with van der Waals surface area (Å²) in [6.07, 6.45) is 0.831. The quantitative estimate of drug-likeness (QED) is 0.813. The molecule has 0 aliphatic heterocycles. The molecule has 0 saturated heterocycles. The molecule has 0 heterocycles. The lowest BCUT2D eigenvalue weighted by Gasteiger charge is -2.10. The van der Waals surface area contributed by atoms with Crippen molar-refractivity contribution in [2.24, 2.45) is 0 Å². The van der Waals surface area contributed by atoms with Crippen molar-refractivity contribution in [3.8, 4) is 11.8 Å². The van der Waals surface area contributed by atoms with E-state index in [-0.39, 0.29) is 22.0 Å². The molecule has 2 aromatic carbocycles. The third-order valence-corrected chi connectivity index (χ3v) is 4.72. The topological polar surface area (TPSA) is 84.2 Å². The number of Topliss-reactive ketones (excluding diaryl/α,β-unsaturated/α-hetero) is 1. The fraction of sp³-hybridized carbons (Fsp3) is 0.125. The van der Waals surface area contributed by atoms with Crippen LogP contribution in [0.2, 0.25) is 0 Å². The first-order valence-electron chi connectivity index (χ1n) is 6.61. The van der Waals surface area contributed by atoms with E-state index < -0.39 is 10.1 Å². The number of hydrogen-bond donors (Lipinski definition) is 0. The van der Waals surface area contributed by atoms with Gasteiger partial charge in [-0.1, -0.05) is 18.2 Å². The van der Waals surface area contributed by atoms with Crippen LogP contribution in [0.3, 0.4) is 0 Å². The molecule has 0 spiro atoms. The molecule has 1 aliphatic carbocycles. The van der Waals surface area contributed by atoms with Gasteiger partial charge in [-0.3, -0.25) is 4.79 Å². The van der Waals surface area contributed by atoms with Crippen LogP contribution in [-0.2, 0) is 16.5 Å². The Balaban J connectivity index is 2.00. The van der Waals surface area contributed by atoms with Gasteiger partial charge < -0.3 is 4.18 Å². The van der Waals surface area contributed by atoms with Gasteiger partial charge in [0.2, 0.25) is 0 Å². The molecule has 0 bridgehead atoms. The van der Waals surface area contributed by atoms with Gasteiger partial charge in [0.05, 0.1) is 11.6 Å². The first-order chi connectivity index (χ1) is 10.5. The molecular weight excluding hydrogens is 302 g/mol. The summed E-state index contributed by atoms with van der Waals surface area (Å²) in [7, 11) is -4.05. The number of fused-ring (bicyclic) bond motifs is 1. The van der Waals surface area contributed by atoms with Crippen LogP contribution in [-0.4, -0.2) is 14.2 Å². The van der Waals surface area contributed by atoms with Gasteiger partial charge in [-0.2, -0.15) is 13.7 Å². The number of carbonyl (C=O) groups is 1. The summed E-state index contributed by atoms with van der Waals surface area (Å²) in [5, 5.41) is 8.85. The minimum Gasteiger partial charge on any atom is -0.379 e. The summed E-state index contributed by atoms with van der Waals surface area (Å²) in [6.45, 7) is 0. The van der Waals surface area contributed by atoms with Crippen LogP contribution in [0, 0.1) is 11.3 Å². The second kappa shape index (κ2) is 5.28. The van der Waals surface area contributed by atoms with Crippen molar-refractivity contribution < 1.29 is 17.4 Å². The normalized spacial score (nSPS) is 13.5. The average Bonchev–Trinajstić information content (AvgIpc) is 2.90. The van der Waals surface area contributed by atoms with Crippen LogP contribution in [0.5, 0.6) is 5.75 Å².